The standard InChI is InChI=1S/C13H23NO3/c1-5-8-14(11(9-15)10-6-7-10)12(16)17-13(2,3)4/h9-11H,5-8H2,1-4H3. The lowest BCUT2D eigenvalue weighted by molar-refractivity contribution is -0.113. The van der Waals surface area contributed by atoms with Crippen molar-refractivity contribution >= 4 is 12.4 Å². The predicted octanol–water partition coefficient (Wildman–Crippen LogP) is 2.61. The molecule has 0 radical (unpaired) electrons. The summed E-state index contributed by atoms with van der Waals surface area (Å²) in [5, 5.41) is 0. The van der Waals surface area contributed by atoms with Crippen LogP contribution in [-0.2, 0) is 9.53 Å². The summed E-state index contributed by atoms with van der Waals surface area (Å²) >= 11 is 0. The molecule has 4 heteroatoms. The van der Waals surface area contributed by atoms with Crippen molar-refractivity contribution in [3.05, 3.63) is 0 Å². The molecule has 1 rings (SSSR count). The number of carbonyl (C=O) groups is 2. The van der Waals surface area contributed by atoms with E-state index >= 15 is 0 Å². The Kier molecular flexibility index (Phi) is 4.54. The van der Waals surface area contributed by atoms with Gasteiger partial charge in [0.2, 0.25) is 0 Å². The Bertz CT molecular complexity index is 279. The zero-order chi connectivity index (χ0) is 13.1. The molecule has 17 heavy (non-hydrogen) atoms. The molecule has 1 saturated carbocycles. The highest BCUT2D eigenvalue weighted by Gasteiger charge is 2.38. The normalized spacial score (nSPS) is 17.4. The van der Waals surface area contributed by atoms with Crippen molar-refractivity contribution < 1.29 is 14.3 Å². The van der Waals surface area contributed by atoms with Gasteiger partial charge in [0.25, 0.3) is 0 Å². The van der Waals surface area contributed by atoms with Crippen LogP contribution < -0.4 is 0 Å². The van der Waals surface area contributed by atoms with Gasteiger partial charge in [-0.3, -0.25) is 4.90 Å². The summed E-state index contributed by atoms with van der Waals surface area (Å²) in [6.07, 6.45) is 3.41. The molecule has 0 aliphatic heterocycles. The van der Waals surface area contributed by atoms with Gasteiger partial charge in [-0.2, -0.15) is 0 Å². The first-order valence-electron chi connectivity index (χ1n) is 6.34. The highest BCUT2D eigenvalue weighted by molar-refractivity contribution is 5.74. The van der Waals surface area contributed by atoms with E-state index in [1.54, 1.807) is 4.90 Å². The first-order valence-corrected chi connectivity index (χ1v) is 6.34. The maximum absolute atomic E-state index is 12.0. The zero-order valence-corrected chi connectivity index (χ0v) is 11.2. The largest absolute Gasteiger partial charge is 0.444 e. The van der Waals surface area contributed by atoms with Gasteiger partial charge in [0.15, 0.2) is 0 Å². The highest BCUT2D eigenvalue weighted by atomic mass is 16.6. The van der Waals surface area contributed by atoms with Crippen molar-refractivity contribution in [2.75, 3.05) is 6.54 Å². The summed E-state index contributed by atoms with van der Waals surface area (Å²) in [4.78, 5) is 24.7. The third-order valence-corrected chi connectivity index (χ3v) is 2.70. The van der Waals surface area contributed by atoms with E-state index in [0.717, 1.165) is 25.5 Å². The lowest BCUT2D eigenvalue weighted by Crippen LogP contribution is -2.45. The minimum atomic E-state index is -0.514. The van der Waals surface area contributed by atoms with Gasteiger partial charge in [-0.15, -0.1) is 0 Å². The molecule has 1 aliphatic rings. The molecule has 0 saturated heterocycles. The molecule has 1 aliphatic carbocycles. The van der Waals surface area contributed by atoms with Crippen LogP contribution in [-0.4, -0.2) is 35.5 Å². The van der Waals surface area contributed by atoms with Gasteiger partial charge in [0.1, 0.15) is 11.9 Å². The molecule has 0 aromatic rings. The monoisotopic (exact) mass is 241 g/mol. The van der Waals surface area contributed by atoms with Crippen LogP contribution >= 0.6 is 0 Å². The van der Waals surface area contributed by atoms with Crippen molar-refractivity contribution in [2.45, 2.75) is 58.6 Å². The number of nitrogens with zero attached hydrogens (tertiary/aromatic N) is 1. The van der Waals surface area contributed by atoms with Crippen LogP contribution in [0.4, 0.5) is 4.79 Å². The molecule has 1 unspecified atom stereocenters. The molecule has 1 fully saturated rings. The summed E-state index contributed by atoms with van der Waals surface area (Å²) in [6, 6.07) is -0.301. The van der Waals surface area contributed by atoms with Gasteiger partial charge in [-0.05, 0) is 46.0 Å². The maximum atomic E-state index is 12.0. The average Bonchev–Trinajstić information content (AvgIpc) is 2.99. The van der Waals surface area contributed by atoms with Crippen LogP contribution in [0.25, 0.3) is 0 Å². The average molecular weight is 241 g/mol. The van der Waals surface area contributed by atoms with E-state index in [-0.39, 0.29) is 12.1 Å². The SMILES string of the molecule is CCCN(C(=O)OC(C)(C)C)C(C=O)C1CC1. The molecular weight excluding hydrogens is 218 g/mol. The van der Waals surface area contributed by atoms with Crippen molar-refractivity contribution in [1.29, 1.82) is 0 Å². The lowest BCUT2D eigenvalue weighted by atomic mass is 10.1. The zero-order valence-electron chi connectivity index (χ0n) is 11.2. The molecule has 0 spiro atoms. The number of hydrogen-bond acceptors (Lipinski definition) is 3. The van der Waals surface area contributed by atoms with Gasteiger partial charge < -0.3 is 9.53 Å². The first kappa shape index (κ1) is 14.0. The molecule has 1 amide bonds. The van der Waals surface area contributed by atoms with E-state index in [9.17, 15) is 9.59 Å². The summed E-state index contributed by atoms with van der Waals surface area (Å²) in [6.45, 7) is 8.08. The summed E-state index contributed by atoms with van der Waals surface area (Å²) in [7, 11) is 0. The van der Waals surface area contributed by atoms with Gasteiger partial charge in [0.05, 0.1) is 6.04 Å². The number of amides is 1. The van der Waals surface area contributed by atoms with E-state index in [1.807, 2.05) is 27.7 Å². The van der Waals surface area contributed by atoms with Crippen molar-refractivity contribution in [1.82, 2.24) is 4.90 Å². The molecule has 0 heterocycles. The summed E-state index contributed by atoms with van der Waals surface area (Å²) in [5.41, 5.74) is -0.514. The number of carbonyl (C=O) groups excluding carboxylic acids is 2. The topological polar surface area (TPSA) is 46.6 Å². The van der Waals surface area contributed by atoms with Crippen LogP contribution in [0.2, 0.25) is 0 Å². The fraction of sp³-hybridized carbons (Fsp3) is 0.846. The molecule has 0 aromatic heterocycles. The minimum absolute atomic E-state index is 0.301. The Morgan fingerprint density at radius 1 is 1.47 bits per heavy atom. The third kappa shape index (κ3) is 4.36. The van der Waals surface area contributed by atoms with Crippen molar-refractivity contribution in [3.63, 3.8) is 0 Å². The summed E-state index contributed by atoms with van der Waals surface area (Å²) in [5.74, 6) is 0.339. The Labute approximate surface area is 103 Å². The molecule has 0 aromatic carbocycles. The van der Waals surface area contributed by atoms with Crippen LogP contribution in [0.5, 0.6) is 0 Å². The molecular formula is C13H23NO3. The fourth-order valence-corrected chi connectivity index (χ4v) is 1.80. The molecule has 4 nitrogen and oxygen atoms in total. The molecule has 0 bridgehead atoms. The van der Waals surface area contributed by atoms with Gasteiger partial charge in [-0.1, -0.05) is 6.92 Å². The first-order chi connectivity index (χ1) is 7.89. The number of hydrogen-bond donors (Lipinski definition) is 0. The van der Waals surface area contributed by atoms with Crippen LogP contribution in [0.1, 0.15) is 47.0 Å². The Hall–Kier alpha value is -1.06. The van der Waals surface area contributed by atoms with E-state index in [2.05, 4.69) is 0 Å². The van der Waals surface area contributed by atoms with E-state index in [0.29, 0.717) is 12.5 Å². The Balaban J connectivity index is 2.69. The number of aldehydes is 1. The fourth-order valence-electron chi connectivity index (χ4n) is 1.80. The second-order valence-corrected chi connectivity index (χ2v) is 5.64. The van der Waals surface area contributed by atoms with Crippen LogP contribution in [0.3, 0.4) is 0 Å². The lowest BCUT2D eigenvalue weighted by Gasteiger charge is -2.30. The van der Waals surface area contributed by atoms with Gasteiger partial charge in [-0.25, -0.2) is 4.79 Å². The molecule has 1 atom stereocenters. The van der Waals surface area contributed by atoms with Crippen LogP contribution in [0.15, 0.2) is 0 Å². The van der Waals surface area contributed by atoms with Crippen LogP contribution in [0, 0.1) is 5.92 Å². The van der Waals surface area contributed by atoms with E-state index < -0.39 is 5.60 Å². The van der Waals surface area contributed by atoms with E-state index in [4.69, 9.17) is 4.74 Å². The number of ether oxygens (including phenoxy) is 1. The van der Waals surface area contributed by atoms with Gasteiger partial charge in [0, 0.05) is 6.54 Å². The molecule has 0 N–H and O–H groups in total. The highest BCUT2D eigenvalue weighted by Crippen LogP contribution is 2.35. The third-order valence-electron chi connectivity index (χ3n) is 2.70. The van der Waals surface area contributed by atoms with E-state index in [1.165, 1.54) is 0 Å². The quantitative estimate of drug-likeness (QED) is 0.695. The second-order valence-electron chi connectivity index (χ2n) is 5.64. The Morgan fingerprint density at radius 3 is 2.41 bits per heavy atom. The van der Waals surface area contributed by atoms with Crippen molar-refractivity contribution in [3.8, 4) is 0 Å². The van der Waals surface area contributed by atoms with Gasteiger partial charge >= 0.3 is 6.09 Å². The number of rotatable bonds is 5. The predicted molar refractivity (Wildman–Crippen MR) is 65.8 cm³/mol. The smallest absolute Gasteiger partial charge is 0.410 e. The second kappa shape index (κ2) is 5.52. The molecule has 98 valence electrons. The Morgan fingerprint density at radius 2 is 2.06 bits per heavy atom. The van der Waals surface area contributed by atoms with Crippen molar-refractivity contribution in [2.24, 2.45) is 5.92 Å². The minimum Gasteiger partial charge on any atom is -0.444 e. The maximum Gasteiger partial charge on any atom is 0.410 e. The summed E-state index contributed by atoms with van der Waals surface area (Å²) < 4.78 is 5.34.